The van der Waals surface area contributed by atoms with Gasteiger partial charge >= 0.3 is 0 Å². The maximum atomic E-state index is 11.0. The van der Waals surface area contributed by atoms with Crippen molar-refractivity contribution in [2.45, 2.75) is 38.6 Å². The zero-order valence-corrected chi connectivity index (χ0v) is 10.0. The summed E-state index contributed by atoms with van der Waals surface area (Å²) in [6.07, 6.45) is 8.13. The van der Waals surface area contributed by atoms with Crippen molar-refractivity contribution in [2.24, 2.45) is 11.7 Å². The lowest BCUT2D eigenvalue weighted by molar-refractivity contribution is 0.0995. The van der Waals surface area contributed by atoms with Crippen LogP contribution in [-0.4, -0.2) is 21.9 Å². The molecule has 5 nitrogen and oxygen atoms in total. The van der Waals surface area contributed by atoms with Gasteiger partial charge < -0.3 is 11.1 Å². The Morgan fingerprint density at radius 3 is 3.00 bits per heavy atom. The fourth-order valence-electron chi connectivity index (χ4n) is 1.77. The van der Waals surface area contributed by atoms with E-state index in [1.165, 1.54) is 25.5 Å². The molecular formula is C12H18N4O. The number of anilines is 1. The minimum absolute atomic E-state index is 0.199. The van der Waals surface area contributed by atoms with Crippen LogP contribution in [0.1, 0.15) is 43.1 Å². The molecule has 1 aromatic rings. The van der Waals surface area contributed by atoms with Gasteiger partial charge in [-0.2, -0.15) is 0 Å². The molecule has 1 fully saturated rings. The molecule has 1 aromatic heterocycles. The van der Waals surface area contributed by atoms with E-state index in [4.69, 9.17) is 5.73 Å². The van der Waals surface area contributed by atoms with E-state index in [1.54, 1.807) is 6.20 Å². The fourth-order valence-corrected chi connectivity index (χ4v) is 1.77. The maximum Gasteiger partial charge on any atom is 0.268 e. The summed E-state index contributed by atoms with van der Waals surface area (Å²) in [4.78, 5) is 19.0. The van der Waals surface area contributed by atoms with Gasteiger partial charge in [0.25, 0.3) is 5.91 Å². The number of primary amides is 1. The molecule has 5 heteroatoms. The van der Waals surface area contributed by atoms with Crippen LogP contribution in [0.3, 0.4) is 0 Å². The number of carbonyl (C=O) groups is 1. The largest absolute Gasteiger partial charge is 0.366 e. The molecule has 2 rings (SSSR count). The second kappa shape index (κ2) is 5.12. The average Bonchev–Trinajstić information content (AvgIpc) is 3.10. The summed E-state index contributed by atoms with van der Waals surface area (Å²) in [7, 11) is 0. The molecule has 0 bridgehead atoms. The predicted molar refractivity (Wildman–Crippen MR) is 65.6 cm³/mol. The van der Waals surface area contributed by atoms with Crippen LogP contribution in [0, 0.1) is 5.92 Å². The summed E-state index contributed by atoms with van der Waals surface area (Å²) in [5, 5.41) is 3.24. The third-order valence-electron chi connectivity index (χ3n) is 2.99. The lowest BCUT2D eigenvalue weighted by Crippen LogP contribution is -2.19. The monoisotopic (exact) mass is 234 g/mol. The van der Waals surface area contributed by atoms with Crippen molar-refractivity contribution >= 4 is 11.7 Å². The van der Waals surface area contributed by atoms with Crippen molar-refractivity contribution in [3.05, 3.63) is 18.1 Å². The number of carbonyl (C=O) groups excluding carboxylic acids is 1. The van der Waals surface area contributed by atoms with E-state index < -0.39 is 5.91 Å². The first-order chi connectivity index (χ1) is 8.15. The molecule has 17 heavy (non-hydrogen) atoms. The van der Waals surface area contributed by atoms with E-state index in [9.17, 15) is 4.79 Å². The normalized spacial score (nSPS) is 16.5. The SMILES string of the molecule is CC(CCC1CC1)Nc1cncc(C(N)=O)n1. The number of nitrogens with two attached hydrogens (primary N) is 1. The van der Waals surface area contributed by atoms with Crippen LogP contribution in [0.2, 0.25) is 0 Å². The Morgan fingerprint density at radius 2 is 2.35 bits per heavy atom. The summed E-state index contributed by atoms with van der Waals surface area (Å²) in [5.74, 6) is 0.999. The third-order valence-corrected chi connectivity index (χ3v) is 2.99. The molecule has 0 radical (unpaired) electrons. The summed E-state index contributed by atoms with van der Waals surface area (Å²) in [6.45, 7) is 2.11. The lowest BCUT2D eigenvalue weighted by atomic mass is 10.1. The molecule has 1 atom stereocenters. The minimum atomic E-state index is -0.549. The van der Waals surface area contributed by atoms with Crippen molar-refractivity contribution in [1.29, 1.82) is 0 Å². The van der Waals surface area contributed by atoms with Crippen molar-refractivity contribution in [1.82, 2.24) is 9.97 Å². The highest BCUT2D eigenvalue weighted by atomic mass is 16.1. The second-order valence-corrected chi connectivity index (χ2v) is 4.72. The number of rotatable bonds is 6. The summed E-state index contributed by atoms with van der Waals surface area (Å²) in [5.41, 5.74) is 5.35. The zero-order chi connectivity index (χ0) is 12.3. The Morgan fingerprint density at radius 1 is 1.59 bits per heavy atom. The van der Waals surface area contributed by atoms with Gasteiger partial charge in [0.05, 0.1) is 12.4 Å². The molecule has 1 aliphatic rings. The molecule has 1 saturated carbocycles. The average molecular weight is 234 g/mol. The predicted octanol–water partition coefficient (Wildman–Crippen LogP) is 1.57. The Hall–Kier alpha value is -1.65. The Kier molecular flexibility index (Phi) is 3.56. The van der Waals surface area contributed by atoms with Crippen molar-refractivity contribution in [3.8, 4) is 0 Å². The van der Waals surface area contributed by atoms with Crippen molar-refractivity contribution < 1.29 is 4.79 Å². The zero-order valence-electron chi connectivity index (χ0n) is 10.0. The molecule has 0 aliphatic heterocycles. The molecule has 1 aliphatic carbocycles. The summed E-state index contributed by atoms with van der Waals surface area (Å²) >= 11 is 0. The molecule has 3 N–H and O–H groups in total. The number of amides is 1. The van der Waals surface area contributed by atoms with Gasteiger partial charge in [-0.25, -0.2) is 4.98 Å². The molecule has 1 amide bonds. The van der Waals surface area contributed by atoms with Gasteiger partial charge in [0.1, 0.15) is 11.5 Å². The van der Waals surface area contributed by atoms with Crippen LogP contribution in [0.5, 0.6) is 0 Å². The van der Waals surface area contributed by atoms with E-state index in [-0.39, 0.29) is 5.69 Å². The van der Waals surface area contributed by atoms with Crippen LogP contribution in [0.25, 0.3) is 0 Å². The van der Waals surface area contributed by atoms with Gasteiger partial charge in [-0.05, 0) is 25.7 Å². The van der Waals surface area contributed by atoms with E-state index in [0.717, 1.165) is 12.3 Å². The van der Waals surface area contributed by atoms with Gasteiger partial charge in [0, 0.05) is 6.04 Å². The number of nitrogens with zero attached hydrogens (tertiary/aromatic N) is 2. The van der Waals surface area contributed by atoms with E-state index in [2.05, 4.69) is 22.2 Å². The van der Waals surface area contributed by atoms with Gasteiger partial charge in [-0.15, -0.1) is 0 Å². The standard InChI is InChI=1S/C12H18N4O/c1-8(2-3-9-4-5-9)15-11-7-14-6-10(16-11)12(13)17/h6-9H,2-5H2,1H3,(H2,13,17)(H,15,16). The highest BCUT2D eigenvalue weighted by Crippen LogP contribution is 2.34. The van der Waals surface area contributed by atoms with Crippen LogP contribution < -0.4 is 11.1 Å². The minimum Gasteiger partial charge on any atom is -0.366 e. The number of nitrogens with one attached hydrogen (secondary N) is 1. The first-order valence-corrected chi connectivity index (χ1v) is 6.03. The van der Waals surface area contributed by atoms with Crippen molar-refractivity contribution in [2.75, 3.05) is 5.32 Å². The smallest absolute Gasteiger partial charge is 0.268 e. The molecular weight excluding hydrogens is 216 g/mol. The Bertz CT molecular complexity index is 403. The molecule has 92 valence electrons. The van der Waals surface area contributed by atoms with Gasteiger partial charge in [0.2, 0.25) is 0 Å². The van der Waals surface area contributed by atoms with Crippen LogP contribution >= 0.6 is 0 Å². The molecule has 0 spiro atoms. The fraction of sp³-hybridized carbons (Fsp3) is 0.583. The third kappa shape index (κ3) is 3.69. The summed E-state index contributed by atoms with van der Waals surface area (Å²) in [6, 6.07) is 0.341. The molecule has 1 unspecified atom stereocenters. The van der Waals surface area contributed by atoms with Gasteiger partial charge in [-0.3, -0.25) is 9.78 Å². The van der Waals surface area contributed by atoms with Crippen molar-refractivity contribution in [3.63, 3.8) is 0 Å². The maximum absolute atomic E-state index is 11.0. The topological polar surface area (TPSA) is 80.9 Å². The van der Waals surface area contributed by atoms with E-state index >= 15 is 0 Å². The Balaban J connectivity index is 1.87. The molecule has 0 aromatic carbocycles. The van der Waals surface area contributed by atoms with Crippen LogP contribution in [0.4, 0.5) is 5.82 Å². The van der Waals surface area contributed by atoms with E-state index in [1.807, 2.05) is 0 Å². The van der Waals surface area contributed by atoms with Crippen LogP contribution in [-0.2, 0) is 0 Å². The first kappa shape index (κ1) is 11.8. The van der Waals surface area contributed by atoms with Gasteiger partial charge in [-0.1, -0.05) is 12.8 Å². The first-order valence-electron chi connectivity index (χ1n) is 6.03. The van der Waals surface area contributed by atoms with Crippen LogP contribution in [0.15, 0.2) is 12.4 Å². The quantitative estimate of drug-likeness (QED) is 0.782. The Labute approximate surface area is 101 Å². The number of aromatic nitrogens is 2. The second-order valence-electron chi connectivity index (χ2n) is 4.72. The number of hydrogen-bond acceptors (Lipinski definition) is 4. The highest BCUT2D eigenvalue weighted by molar-refractivity contribution is 5.90. The number of hydrogen-bond donors (Lipinski definition) is 2. The van der Waals surface area contributed by atoms with E-state index in [0.29, 0.717) is 11.9 Å². The highest BCUT2D eigenvalue weighted by Gasteiger charge is 2.21. The van der Waals surface area contributed by atoms with Gasteiger partial charge in [0.15, 0.2) is 0 Å². The lowest BCUT2D eigenvalue weighted by Gasteiger charge is -2.14. The molecule has 0 saturated heterocycles. The summed E-state index contributed by atoms with van der Waals surface area (Å²) < 4.78 is 0. The molecule has 1 heterocycles.